The zero-order valence-electron chi connectivity index (χ0n) is 24.2. The number of hydrogen-bond donors (Lipinski definition) is 0. The minimum absolute atomic E-state index is 0.104. The Morgan fingerprint density at radius 1 is 1.11 bits per heavy atom. The van der Waals surface area contributed by atoms with E-state index in [0.29, 0.717) is 39.9 Å². The molecule has 35 heavy (non-hydrogen) atoms. The van der Waals surface area contributed by atoms with E-state index in [1.807, 2.05) is 5.57 Å². The Morgan fingerprint density at radius 3 is 2.46 bits per heavy atom. The van der Waals surface area contributed by atoms with Crippen molar-refractivity contribution in [3.05, 3.63) is 23.8 Å². The van der Waals surface area contributed by atoms with E-state index in [1.54, 1.807) is 6.92 Å². The molecule has 0 saturated heterocycles. The summed E-state index contributed by atoms with van der Waals surface area (Å²) < 4.78 is 5.78. The van der Waals surface area contributed by atoms with Crippen LogP contribution in [-0.4, -0.2) is 12.1 Å². The molecule has 0 unspecified atom stereocenters. The van der Waals surface area contributed by atoms with Gasteiger partial charge in [-0.05, 0) is 123 Å². The number of hydrogen-bond acceptors (Lipinski definition) is 2. The van der Waals surface area contributed by atoms with Crippen LogP contribution in [0.5, 0.6) is 0 Å². The van der Waals surface area contributed by atoms with Crippen LogP contribution in [-0.2, 0) is 9.53 Å². The molecule has 0 radical (unpaired) electrons. The van der Waals surface area contributed by atoms with E-state index in [2.05, 4.69) is 61.1 Å². The van der Waals surface area contributed by atoms with Gasteiger partial charge in [-0.25, -0.2) is 0 Å². The van der Waals surface area contributed by atoms with Gasteiger partial charge < -0.3 is 4.74 Å². The minimum atomic E-state index is -0.113. The van der Waals surface area contributed by atoms with E-state index in [4.69, 9.17) is 4.74 Å². The average molecular weight is 483 g/mol. The van der Waals surface area contributed by atoms with Crippen LogP contribution in [0, 0.1) is 51.8 Å². The SMILES string of the molecule is C=C(C)[C@H](CC)CC[C@@H](C)[C@H]1CC[C@@]2(C)C3=CC[C@@H]4[C@H](C)[C@@H](OC(C)=O)CC[C@]4(C)[C@H]3CC[C@]12C. The molecule has 0 aromatic carbocycles. The van der Waals surface area contributed by atoms with Crippen molar-refractivity contribution in [2.75, 3.05) is 0 Å². The monoisotopic (exact) mass is 482 g/mol. The van der Waals surface area contributed by atoms with E-state index < -0.39 is 0 Å². The molecular weight excluding hydrogens is 428 g/mol. The normalized spacial score (nSPS) is 44.3. The van der Waals surface area contributed by atoms with E-state index in [0.717, 1.165) is 18.3 Å². The molecule has 0 spiro atoms. The van der Waals surface area contributed by atoms with Crippen LogP contribution in [0.2, 0.25) is 0 Å². The third-order valence-corrected chi connectivity index (χ3v) is 12.6. The lowest BCUT2D eigenvalue weighted by Gasteiger charge is -2.62. The lowest BCUT2D eigenvalue weighted by molar-refractivity contribution is -0.159. The Hall–Kier alpha value is -1.05. The van der Waals surface area contributed by atoms with Crippen molar-refractivity contribution in [1.29, 1.82) is 0 Å². The van der Waals surface area contributed by atoms with Crippen molar-refractivity contribution >= 4 is 5.97 Å². The maximum absolute atomic E-state index is 11.7. The molecule has 3 saturated carbocycles. The van der Waals surface area contributed by atoms with Crippen molar-refractivity contribution < 1.29 is 9.53 Å². The Labute approximate surface area is 216 Å². The van der Waals surface area contributed by atoms with Gasteiger partial charge >= 0.3 is 5.97 Å². The highest BCUT2D eigenvalue weighted by Gasteiger charge is 2.64. The topological polar surface area (TPSA) is 26.3 Å². The highest BCUT2D eigenvalue weighted by atomic mass is 16.5. The van der Waals surface area contributed by atoms with E-state index in [1.165, 1.54) is 63.4 Å². The van der Waals surface area contributed by atoms with Gasteiger partial charge in [-0.3, -0.25) is 4.79 Å². The fourth-order valence-corrected chi connectivity index (χ4v) is 10.1. The number of allylic oxidation sites excluding steroid dienone is 3. The van der Waals surface area contributed by atoms with Crippen LogP contribution in [0.4, 0.5) is 0 Å². The molecule has 0 bridgehead atoms. The second-order valence-electron chi connectivity index (χ2n) is 14.0. The molecule has 0 heterocycles. The summed E-state index contributed by atoms with van der Waals surface area (Å²) in [6.07, 6.45) is 15.6. The van der Waals surface area contributed by atoms with Crippen LogP contribution in [0.25, 0.3) is 0 Å². The van der Waals surface area contributed by atoms with Crippen molar-refractivity contribution in [3.63, 3.8) is 0 Å². The van der Waals surface area contributed by atoms with Gasteiger partial charge in [0, 0.05) is 6.92 Å². The van der Waals surface area contributed by atoms with Gasteiger partial charge in [-0.2, -0.15) is 0 Å². The summed E-state index contributed by atoms with van der Waals surface area (Å²) in [4.78, 5) is 11.7. The molecule has 0 aromatic heterocycles. The lowest BCUT2D eigenvalue weighted by atomic mass is 9.42. The lowest BCUT2D eigenvalue weighted by Crippen LogP contribution is -2.55. The number of esters is 1. The van der Waals surface area contributed by atoms with Crippen LogP contribution < -0.4 is 0 Å². The summed E-state index contributed by atoms with van der Waals surface area (Å²) in [7, 11) is 0. The number of carbonyl (C=O) groups excluding carboxylic acids is 1. The molecule has 10 atom stereocenters. The van der Waals surface area contributed by atoms with Gasteiger partial charge in [0.2, 0.25) is 0 Å². The molecule has 0 N–H and O–H groups in total. The van der Waals surface area contributed by atoms with Gasteiger partial charge in [0.05, 0.1) is 0 Å². The van der Waals surface area contributed by atoms with Crippen LogP contribution >= 0.6 is 0 Å². The zero-order chi connectivity index (χ0) is 25.8. The minimum Gasteiger partial charge on any atom is -0.462 e. The van der Waals surface area contributed by atoms with Gasteiger partial charge in [-0.15, -0.1) is 0 Å². The van der Waals surface area contributed by atoms with Gasteiger partial charge in [0.25, 0.3) is 0 Å². The van der Waals surface area contributed by atoms with Crippen molar-refractivity contribution in [3.8, 4) is 0 Å². The Morgan fingerprint density at radius 2 is 1.83 bits per heavy atom. The van der Waals surface area contributed by atoms with Crippen LogP contribution in [0.1, 0.15) is 120 Å². The summed E-state index contributed by atoms with van der Waals surface area (Å²) in [5, 5.41) is 0. The highest BCUT2D eigenvalue weighted by Crippen LogP contribution is 2.72. The number of ether oxygens (including phenoxy) is 1. The van der Waals surface area contributed by atoms with Gasteiger partial charge in [0.15, 0.2) is 0 Å². The number of carbonyl (C=O) groups is 1. The van der Waals surface area contributed by atoms with Crippen molar-refractivity contribution in [2.24, 2.45) is 51.8 Å². The van der Waals surface area contributed by atoms with Crippen LogP contribution in [0.15, 0.2) is 23.8 Å². The molecule has 2 heteroatoms. The van der Waals surface area contributed by atoms with Gasteiger partial charge in [-0.1, -0.05) is 65.3 Å². The molecule has 4 aliphatic rings. The molecule has 2 nitrogen and oxygen atoms in total. The standard InChI is InChI=1S/C33H54O2/c1-10-25(21(2)3)12-11-22(4)26-15-19-33(9)29-14-13-27-23(5)30(35-24(6)34)17-18-31(27,7)28(29)16-20-32(26,33)8/h14,22-23,25-28,30H,2,10-13,15-20H2,1,3-9H3/t22-,23+,25-,26-,27-,28+,30+,31+,32-,33+/m1/s1. The maximum Gasteiger partial charge on any atom is 0.302 e. The summed E-state index contributed by atoms with van der Waals surface area (Å²) in [6, 6.07) is 0. The molecule has 0 amide bonds. The Bertz CT molecular complexity index is 855. The third kappa shape index (κ3) is 4.27. The maximum atomic E-state index is 11.7. The van der Waals surface area contributed by atoms with E-state index in [-0.39, 0.29) is 12.1 Å². The Balaban J connectivity index is 1.55. The first-order valence-electron chi connectivity index (χ1n) is 14.9. The third-order valence-electron chi connectivity index (χ3n) is 12.6. The van der Waals surface area contributed by atoms with Crippen molar-refractivity contribution in [1.82, 2.24) is 0 Å². The number of rotatable bonds is 7. The first kappa shape index (κ1) is 27.0. The summed E-state index contributed by atoms with van der Waals surface area (Å²) in [5.74, 6) is 4.00. The first-order chi connectivity index (χ1) is 16.4. The smallest absolute Gasteiger partial charge is 0.302 e. The molecule has 4 aliphatic carbocycles. The van der Waals surface area contributed by atoms with E-state index >= 15 is 0 Å². The molecule has 0 aromatic rings. The average Bonchev–Trinajstić information content (AvgIpc) is 3.07. The van der Waals surface area contributed by atoms with Gasteiger partial charge in [0.1, 0.15) is 6.10 Å². The summed E-state index contributed by atoms with van der Waals surface area (Å²) >= 11 is 0. The second-order valence-corrected chi connectivity index (χ2v) is 14.0. The molecule has 4 rings (SSSR count). The highest BCUT2D eigenvalue weighted by molar-refractivity contribution is 5.66. The zero-order valence-corrected chi connectivity index (χ0v) is 24.2. The summed E-state index contributed by atoms with van der Waals surface area (Å²) in [5.41, 5.74) is 4.31. The fourth-order valence-electron chi connectivity index (χ4n) is 10.1. The molecular formula is C33H54O2. The Kier molecular flexibility index (Phi) is 7.47. The predicted octanol–water partition coefficient (Wildman–Crippen LogP) is 9.15. The summed E-state index contributed by atoms with van der Waals surface area (Å²) in [6.45, 7) is 23.2. The fraction of sp³-hybridized carbons (Fsp3) is 0.848. The molecule has 0 aliphatic heterocycles. The predicted molar refractivity (Wildman–Crippen MR) is 147 cm³/mol. The first-order valence-corrected chi connectivity index (χ1v) is 14.9. The second kappa shape index (κ2) is 9.68. The van der Waals surface area contributed by atoms with Crippen LogP contribution in [0.3, 0.4) is 0 Å². The number of fused-ring (bicyclic) bond motifs is 5. The molecule has 198 valence electrons. The quantitative estimate of drug-likeness (QED) is 0.267. The van der Waals surface area contributed by atoms with Crippen molar-refractivity contribution in [2.45, 2.75) is 126 Å². The molecule has 3 fully saturated rings. The van der Waals surface area contributed by atoms with E-state index in [9.17, 15) is 4.79 Å². The largest absolute Gasteiger partial charge is 0.462 e.